The summed E-state index contributed by atoms with van der Waals surface area (Å²) >= 11 is 0. The number of hydrogen-bond donors (Lipinski definition) is 1. The maximum absolute atomic E-state index is 13.1. The van der Waals surface area contributed by atoms with Crippen LogP contribution >= 0.6 is 0 Å². The second kappa shape index (κ2) is 39.2. The van der Waals surface area contributed by atoms with Crippen LogP contribution in [0.15, 0.2) is 116 Å². The highest BCUT2D eigenvalue weighted by Crippen LogP contribution is 2.55. The highest BCUT2D eigenvalue weighted by atomic mass is 32.2. The van der Waals surface area contributed by atoms with E-state index in [0.29, 0.717) is 107 Å². The molecule has 6 rings (SSSR count). The number of anilines is 1. The topological polar surface area (TPSA) is 422 Å². The number of unbranched alkanes of at least 4 members (excludes halogenated alkanes) is 2. The highest BCUT2D eigenvalue weighted by Gasteiger charge is 2.49. The van der Waals surface area contributed by atoms with Gasteiger partial charge in [0.15, 0.2) is 5.71 Å². The average molecular weight is 1490 g/mol. The molecular formula is C65H88N2O27S5-4. The lowest BCUT2D eigenvalue weighted by Crippen LogP contribution is -2.33. The standard InChI is InChI=1S/C64H88N2O27S5.CH4/c1-63(21-13-43-94(69,70)71)58(66(24-26-87-32-34-91-39-40-93-42-41-92-38-36-89-30-28-85-4)55-47-57(98(81,82)83)50-18-17-48(95(72,73)74)44-52(50)62(55)63)14-9-6-5-7-10-15-59-64(2,22-25-86-31-33-90-37-35-88-29-27-84-3)61-53-45-49(96(75,76)77)46-56(97(78,79)80)51(53)19-20-54(61)65(59)23-12-8-11-16-60(67)68;/h5-7,9-10,14-15,17-20,44-47H,8,11-13,16,21-43H2,1-4H3,(H5-,67,68,69,70,71,72,73,74,75,76,77,78,79,80,81,82,83);1H4/p-4. The van der Waals surface area contributed by atoms with Crippen molar-refractivity contribution < 1.29 is 127 Å². The van der Waals surface area contributed by atoms with Crippen molar-refractivity contribution in [1.29, 1.82) is 0 Å². The first-order valence-electron chi connectivity index (χ1n) is 31.3. The van der Waals surface area contributed by atoms with Crippen LogP contribution in [-0.4, -0.2) is 238 Å². The van der Waals surface area contributed by atoms with Crippen LogP contribution in [0.3, 0.4) is 0 Å². The van der Waals surface area contributed by atoms with Crippen LogP contribution in [0.25, 0.3) is 21.5 Å². The zero-order valence-electron chi connectivity index (χ0n) is 55.0. The summed E-state index contributed by atoms with van der Waals surface area (Å²) in [5, 5.41) is 8.89. The van der Waals surface area contributed by atoms with Crippen LogP contribution in [0.4, 0.5) is 11.4 Å². The minimum atomic E-state index is -5.39. The number of carboxylic acid groups (broad SMARTS) is 1. The van der Waals surface area contributed by atoms with Crippen LogP contribution in [0.5, 0.6) is 0 Å². The first-order chi connectivity index (χ1) is 46.4. The molecule has 554 valence electrons. The average Bonchev–Trinajstić information content (AvgIpc) is 1.59. The fourth-order valence-electron chi connectivity index (χ4n) is 11.7. The molecule has 1 N–H and O–H groups in total. The third-order valence-corrected chi connectivity index (χ3v) is 20.4. The summed E-state index contributed by atoms with van der Waals surface area (Å²) < 4.78 is 247. The molecule has 2 heterocycles. The Morgan fingerprint density at radius 2 is 0.960 bits per heavy atom. The molecular weight excluding hydrogens is 1400 g/mol. The molecule has 4 aromatic carbocycles. The molecule has 29 nitrogen and oxygen atoms in total. The van der Waals surface area contributed by atoms with E-state index in [2.05, 4.69) is 0 Å². The van der Waals surface area contributed by atoms with Crippen molar-refractivity contribution in [2.75, 3.05) is 157 Å². The maximum atomic E-state index is 13.1. The minimum absolute atomic E-state index is 0. The lowest BCUT2D eigenvalue weighted by Gasteiger charge is -2.31. The molecule has 0 radical (unpaired) electrons. The number of carboxylic acids is 1. The molecule has 2 atom stereocenters. The molecule has 2 aliphatic heterocycles. The van der Waals surface area contributed by atoms with Crippen LogP contribution in [0, 0.1) is 0 Å². The molecule has 4 aromatic rings. The summed E-state index contributed by atoms with van der Waals surface area (Å²) in [7, 11) is -23.0. The van der Waals surface area contributed by atoms with Gasteiger partial charge in [-0.15, -0.1) is 0 Å². The fraction of sp³-hybridized carbons (Fsp3) is 0.538. The summed E-state index contributed by atoms with van der Waals surface area (Å²) in [5.41, 5.74) is -0.601. The van der Waals surface area contributed by atoms with Crippen molar-refractivity contribution in [2.24, 2.45) is 0 Å². The molecule has 34 heteroatoms. The quantitative estimate of drug-likeness (QED) is 0.0239. The Morgan fingerprint density at radius 3 is 1.46 bits per heavy atom. The van der Waals surface area contributed by atoms with Gasteiger partial charge in [0.05, 0.1) is 147 Å². The van der Waals surface area contributed by atoms with E-state index in [0.717, 1.165) is 30.3 Å². The number of nitrogens with zero attached hydrogens (tertiary/aromatic N) is 2. The van der Waals surface area contributed by atoms with Gasteiger partial charge in [0, 0.05) is 85.9 Å². The molecule has 99 heavy (non-hydrogen) atoms. The normalized spacial score (nSPS) is 17.4. The molecule has 0 spiro atoms. The van der Waals surface area contributed by atoms with E-state index in [1.165, 1.54) is 6.07 Å². The Balaban J connectivity index is 0.0000177. The molecule has 0 amide bonds. The molecule has 2 aliphatic rings. The zero-order chi connectivity index (χ0) is 71.8. The molecule has 2 unspecified atom stereocenters. The minimum Gasteiger partial charge on any atom is -0.748 e. The van der Waals surface area contributed by atoms with E-state index in [1.807, 2.05) is 4.58 Å². The van der Waals surface area contributed by atoms with Gasteiger partial charge >= 0.3 is 5.97 Å². The number of fused-ring (bicyclic) bond motifs is 6. The summed E-state index contributed by atoms with van der Waals surface area (Å²) in [4.78, 5) is 9.70. The Labute approximate surface area is 580 Å². The van der Waals surface area contributed by atoms with E-state index in [4.69, 9.17) is 47.4 Å². The van der Waals surface area contributed by atoms with Crippen LogP contribution < -0.4 is 4.90 Å². The lowest BCUT2D eigenvalue weighted by molar-refractivity contribution is -0.438. The number of aliphatic carboxylic acids is 1. The van der Waals surface area contributed by atoms with Crippen molar-refractivity contribution in [3.63, 3.8) is 0 Å². The van der Waals surface area contributed by atoms with E-state index in [9.17, 15) is 74.8 Å². The maximum Gasteiger partial charge on any atom is 0.303 e. The number of benzene rings is 4. The number of allylic oxidation sites excluding steroid dienone is 8. The first-order valence-corrected chi connectivity index (χ1v) is 38.6. The van der Waals surface area contributed by atoms with Crippen LogP contribution in [-0.2, 0) is 114 Å². The predicted octanol–water partition coefficient (Wildman–Crippen LogP) is 5.72. The monoisotopic (exact) mass is 1490 g/mol. The van der Waals surface area contributed by atoms with E-state index >= 15 is 0 Å². The van der Waals surface area contributed by atoms with E-state index < -0.39 is 92.7 Å². The van der Waals surface area contributed by atoms with E-state index in [1.54, 1.807) is 81.6 Å². The molecule has 0 fully saturated rings. The smallest absolute Gasteiger partial charge is 0.303 e. The molecule has 0 aromatic heterocycles. The SMILES string of the molecule is C.COCCOCCOCCOCCOCCOCCN1C(=CC=CC=CC=CC2=[N+](CCCCCC(=O)O)c3ccc4c(S(=O)(=O)[O-])cc(S(=O)(=O)[O-])cc4c3C2(C)CCOCCOCCOCCOC)C(C)(CCCS(=O)(=O)[O-])c2c1cc(S(=O)(=O)[O-])c1ccc(S(=O)(=O)[O-])cc21. The molecule has 0 saturated carbocycles. The van der Waals surface area contributed by atoms with Gasteiger partial charge in [-0.05, 0) is 110 Å². The number of rotatable bonds is 48. The Hall–Kier alpha value is -5.55. The van der Waals surface area contributed by atoms with Gasteiger partial charge in [0.1, 0.15) is 47.0 Å². The fourth-order valence-corrected chi connectivity index (χ4v) is 14.7. The van der Waals surface area contributed by atoms with Gasteiger partial charge in [-0.2, -0.15) is 4.58 Å². The van der Waals surface area contributed by atoms with Crippen molar-refractivity contribution in [1.82, 2.24) is 0 Å². The van der Waals surface area contributed by atoms with Gasteiger partial charge < -0.3 is 80.1 Å². The van der Waals surface area contributed by atoms with Crippen molar-refractivity contribution in [2.45, 2.75) is 96.6 Å². The second-order valence-corrected chi connectivity index (χ2v) is 30.0. The lowest BCUT2D eigenvalue weighted by atomic mass is 9.75. The zero-order valence-corrected chi connectivity index (χ0v) is 59.0. The van der Waals surface area contributed by atoms with Crippen LogP contribution in [0.2, 0.25) is 0 Å². The molecule has 0 aliphatic carbocycles. The first kappa shape index (κ1) is 84.1. The number of methoxy groups -OCH3 is 2. The van der Waals surface area contributed by atoms with Crippen molar-refractivity contribution in [3.05, 3.63) is 108 Å². The molecule has 0 saturated heterocycles. The van der Waals surface area contributed by atoms with Gasteiger partial charge in [-0.1, -0.05) is 43.9 Å². The Bertz CT molecular complexity index is 4120. The van der Waals surface area contributed by atoms with Gasteiger partial charge in [0.2, 0.25) is 5.69 Å². The third kappa shape index (κ3) is 24.6. The van der Waals surface area contributed by atoms with Crippen LogP contribution in [0.1, 0.15) is 77.3 Å². The Kier molecular flexibility index (Phi) is 33.3. The summed E-state index contributed by atoms with van der Waals surface area (Å²) in [5.74, 6) is -1.83. The highest BCUT2D eigenvalue weighted by molar-refractivity contribution is 7.87. The predicted molar refractivity (Wildman–Crippen MR) is 359 cm³/mol. The van der Waals surface area contributed by atoms with Crippen molar-refractivity contribution >= 4 is 95.2 Å². The van der Waals surface area contributed by atoms with Crippen molar-refractivity contribution in [3.8, 4) is 0 Å². The number of ether oxygens (including phenoxy) is 10. The third-order valence-electron chi connectivity index (χ3n) is 16.2. The number of hydrogen-bond acceptors (Lipinski definition) is 27. The number of carbonyl (C=O) groups is 1. The largest absolute Gasteiger partial charge is 0.748 e. The van der Waals surface area contributed by atoms with Gasteiger partial charge in [-0.3, -0.25) is 4.79 Å². The van der Waals surface area contributed by atoms with E-state index in [-0.39, 0.29) is 138 Å². The summed E-state index contributed by atoms with van der Waals surface area (Å²) in [6, 6.07) is 8.48. The summed E-state index contributed by atoms with van der Waals surface area (Å²) in [6.45, 7) is 8.30. The van der Waals surface area contributed by atoms with Gasteiger partial charge in [0.25, 0.3) is 0 Å². The summed E-state index contributed by atoms with van der Waals surface area (Å²) in [6.07, 6.45) is 12.3. The van der Waals surface area contributed by atoms with Gasteiger partial charge in [-0.25, -0.2) is 42.1 Å². The second-order valence-electron chi connectivity index (χ2n) is 23.0. The molecule has 0 bridgehead atoms. The Morgan fingerprint density at radius 1 is 0.495 bits per heavy atom.